The molecule has 0 spiro atoms. The van der Waals surface area contributed by atoms with Gasteiger partial charge in [-0.05, 0) is 6.08 Å². The Morgan fingerprint density at radius 3 is 3.22 bits per heavy atom. The van der Waals surface area contributed by atoms with Crippen molar-refractivity contribution in [1.29, 1.82) is 0 Å². The first-order valence-electron chi connectivity index (χ1n) is 2.55. The maximum absolute atomic E-state index is 10.5. The number of ketones is 1. The van der Waals surface area contributed by atoms with Crippen LogP contribution < -0.4 is 0 Å². The fraction of sp³-hybridized carbons (Fsp3) is 0.167. The van der Waals surface area contributed by atoms with Gasteiger partial charge in [-0.3, -0.25) is 4.79 Å². The molecule has 9 heavy (non-hydrogen) atoms. The van der Waals surface area contributed by atoms with E-state index in [0.29, 0.717) is 6.61 Å². The van der Waals surface area contributed by atoms with Gasteiger partial charge in [-0.1, -0.05) is 6.08 Å². The van der Waals surface area contributed by atoms with Gasteiger partial charge in [-0.25, -0.2) is 0 Å². The molecule has 48 valence electrons. The molecule has 3 heteroatoms. The van der Waals surface area contributed by atoms with Gasteiger partial charge in [0.2, 0.25) is 0 Å². The van der Waals surface area contributed by atoms with Crippen LogP contribution in [0.15, 0.2) is 24.5 Å². The largest absolute Gasteiger partial charge is 0.345 e. The second kappa shape index (κ2) is 3.04. The van der Waals surface area contributed by atoms with Crippen LogP contribution in [0.3, 0.4) is 0 Å². The van der Waals surface area contributed by atoms with Gasteiger partial charge in [0.05, 0.1) is 0 Å². The molecule has 3 nitrogen and oxygen atoms in total. The molecular formula is C6H6O3. The number of hydrogen-bond donors (Lipinski definition) is 0. The first-order chi connectivity index (χ1) is 4.39. The van der Waals surface area contributed by atoms with Crippen molar-refractivity contribution in [2.45, 2.75) is 0 Å². The summed E-state index contributed by atoms with van der Waals surface area (Å²) in [6.07, 6.45) is 5.52. The summed E-state index contributed by atoms with van der Waals surface area (Å²) in [4.78, 5) is 19.4. The number of hydrogen-bond acceptors (Lipinski definition) is 3. The lowest BCUT2D eigenvalue weighted by atomic mass is 10.3. The molecule has 0 bridgehead atoms. The Morgan fingerprint density at radius 2 is 2.33 bits per heavy atom. The Bertz CT molecular complexity index is 142. The maximum Gasteiger partial charge on any atom is 0.181 e. The second-order valence-corrected chi connectivity index (χ2v) is 1.49. The van der Waals surface area contributed by atoms with E-state index in [1.54, 1.807) is 6.08 Å². The van der Waals surface area contributed by atoms with Crippen LogP contribution in [-0.4, -0.2) is 12.4 Å². The van der Waals surface area contributed by atoms with E-state index in [4.69, 9.17) is 0 Å². The van der Waals surface area contributed by atoms with E-state index in [1.165, 1.54) is 18.4 Å². The summed E-state index contributed by atoms with van der Waals surface area (Å²) in [6, 6.07) is 0. The molecular weight excluding hydrogens is 120 g/mol. The third-order valence-electron chi connectivity index (χ3n) is 0.802. The predicted molar refractivity (Wildman–Crippen MR) is 30.3 cm³/mol. The topological polar surface area (TPSA) is 35.5 Å². The van der Waals surface area contributed by atoms with E-state index in [1.807, 2.05) is 0 Å². The minimum atomic E-state index is -0.0849. The Labute approximate surface area is 52.5 Å². The summed E-state index contributed by atoms with van der Waals surface area (Å²) >= 11 is 0. The van der Waals surface area contributed by atoms with Crippen LogP contribution in [0.5, 0.6) is 0 Å². The minimum absolute atomic E-state index is 0.0849. The van der Waals surface area contributed by atoms with E-state index >= 15 is 0 Å². The molecule has 0 fully saturated rings. The van der Waals surface area contributed by atoms with Crippen LogP contribution in [0.2, 0.25) is 0 Å². The number of carbonyl (C=O) groups is 1. The highest BCUT2D eigenvalue weighted by Crippen LogP contribution is 1.89. The summed E-state index contributed by atoms with van der Waals surface area (Å²) in [5.41, 5.74) is 0. The SMILES string of the molecule is O=C1C=CCOOC=C1. The molecule has 1 aliphatic rings. The highest BCUT2D eigenvalue weighted by molar-refractivity contribution is 5.98. The zero-order chi connectivity index (χ0) is 6.53. The highest BCUT2D eigenvalue weighted by atomic mass is 17.2. The number of rotatable bonds is 0. The van der Waals surface area contributed by atoms with Crippen molar-refractivity contribution < 1.29 is 14.6 Å². The van der Waals surface area contributed by atoms with Gasteiger partial charge in [0.25, 0.3) is 0 Å². The molecule has 0 radical (unpaired) electrons. The first kappa shape index (κ1) is 6.04. The number of carbonyl (C=O) groups excluding carboxylic acids is 1. The fourth-order valence-corrected chi connectivity index (χ4v) is 0.433. The molecule has 0 N–H and O–H groups in total. The predicted octanol–water partition coefficient (Wildman–Crippen LogP) is 0.587. The van der Waals surface area contributed by atoms with Gasteiger partial charge in [0, 0.05) is 6.08 Å². The van der Waals surface area contributed by atoms with Crippen molar-refractivity contribution in [1.82, 2.24) is 0 Å². The van der Waals surface area contributed by atoms with Crippen molar-refractivity contribution in [3.05, 3.63) is 24.5 Å². The maximum atomic E-state index is 10.5. The molecule has 0 atom stereocenters. The van der Waals surface area contributed by atoms with Gasteiger partial charge in [-0.2, -0.15) is 4.89 Å². The van der Waals surface area contributed by atoms with Crippen LogP contribution in [0.25, 0.3) is 0 Å². The van der Waals surface area contributed by atoms with Crippen LogP contribution >= 0.6 is 0 Å². The minimum Gasteiger partial charge on any atom is -0.345 e. The molecule has 0 aromatic heterocycles. The summed E-state index contributed by atoms with van der Waals surface area (Å²) in [5.74, 6) is -0.0849. The Kier molecular flexibility index (Phi) is 2.04. The summed E-state index contributed by atoms with van der Waals surface area (Å²) in [6.45, 7) is 0.316. The average molecular weight is 126 g/mol. The van der Waals surface area contributed by atoms with Crippen molar-refractivity contribution >= 4 is 5.78 Å². The van der Waals surface area contributed by atoms with E-state index in [0.717, 1.165) is 0 Å². The van der Waals surface area contributed by atoms with E-state index in [2.05, 4.69) is 9.78 Å². The first-order valence-corrected chi connectivity index (χ1v) is 2.55. The molecule has 0 aromatic carbocycles. The lowest BCUT2D eigenvalue weighted by Gasteiger charge is -1.96. The average Bonchev–Trinajstić information content (AvgIpc) is 1.79. The van der Waals surface area contributed by atoms with Crippen molar-refractivity contribution in [2.24, 2.45) is 0 Å². The molecule has 0 aliphatic carbocycles. The van der Waals surface area contributed by atoms with Gasteiger partial charge < -0.3 is 4.89 Å². The van der Waals surface area contributed by atoms with Gasteiger partial charge in [-0.15, -0.1) is 0 Å². The molecule has 1 aliphatic heterocycles. The van der Waals surface area contributed by atoms with Gasteiger partial charge in [0.15, 0.2) is 5.78 Å². The third-order valence-corrected chi connectivity index (χ3v) is 0.802. The van der Waals surface area contributed by atoms with Crippen molar-refractivity contribution in [3.8, 4) is 0 Å². The van der Waals surface area contributed by atoms with Crippen LogP contribution in [0, 0.1) is 0 Å². The fourth-order valence-electron chi connectivity index (χ4n) is 0.433. The van der Waals surface area contributed by atoms with Crippen LogP contribution in [0.1, 0.15) is 0 Å². The summed E-state index contributed by atoms with van der Waals surface area (Å²) in [5, 5.41) is 0. The van der Waals surface area contributed by atoms with E-state index in [9.17, 15) is 4.79 Å². The smallest absolute Gasteiger partial charge is 0.181 e. The molecule has 0 amide bonds. The molecule has 0 saturated heterocycles. The third kappa shape index (κ3) is 2.10. The monoisotopic (exact) mass is 126 g/mol. The van der Waals surface area contributed by atoms with E-state index < -0.39 is 0 Å². The normalized spacial score (nSPS) is 18.4. The number of allylic oxidation sites excluding steroid dienone is 2. The lowest BCUT2D eigenvalue weighted by Crippen LogP contribution is -1.95. The molecule has 0 unspecified atom stereocenters. The van der Waals surface area contributed by atoms with Crippen molar-refractivity contribution in [2.75, 3.05) is 6.61 Å². The molecule has 0 saturated carbocycles. The van der Waals surface area contributed by atoms with Gasteiger partial charge in [0.1, 0.15) is 12.9 Å². The summed E-state index contributed by atoms with van der Waals surface area (Å²) < 4.78 is 0. The Hall–Kier alpha value is -1.09. The lowest BCUT2D eigenvalue weighted by molar-refractivity contribution is -0.239. The highest BCUT2D eigenvalue weighted by Gasteiger charge is 1.91. The van der Waals surface area contributed by atoms with Crippen LogP contribution in [-0.2, 0) is 14.6 Å². The van der Waals surface area contributed by atoms with Gasteiger partial charge >= 0.3 is 0 Å². The van der Waals surface area contributed by atoms with E-state index in [-0.39, 0.29) is 5.78 Å². The Balaban J connectivity index is 2.55. The summed E-state index contributed by atoms with van der Waals surface area (Å²) in [7, 11) is 0. The van der Waals surface area contributed by atoms with Crippen LogP contribution in [0.4, 0.5) is 0 Å². The zero-order valence-electron chi connectivity index (χ0n) is 4.74. The molecule has 0 aromatic rings. The Morgan fingerprint density at radius 1 is 1.44 bits per heavy atom. The quantitative estimate of drug-likeness (QED) is 0.445. The molecule has 1 heterocycles. The second-order valence-electron chi connectivity index (χ2n) is 1.49. The van der Waals surface area contributed by atoms with Crippen molar-refractivity contribution in [3.63, 3.8) is 0 Å². The molecule has 1 rings (SSSR count). The zero-order valence-corrected chi connectivity index (χ0v) is 4.74. The standard InChI is InChI=1S/C6H6O3/c7-6-2-1-4-8-9-5-3-6/h1-3,5H,4H2.